The van der Waals surface area contributed by atoms with Crippen molar-refractivity contribution in [1.29, 1.82) is 0 Å². The highest BCUT2D eigenvalue weighted by atomic mass is 16.5. The fourth-order valence-corrected chi connectivity index (χ4v) is 2.07. The molecular formula is C12H19N3O. The van der Waals surface area contributed by atoms with Crippen LogP contribution in [0.4, 0.5) is 17.1 Å². The molecule has 1 fully saturated rings. The number of benzene rings is 1. The molecule has 16 heavy (non-hydrogen) atoms. The quantitative estimate of drug-likeness (QED) is 0.705. The molecule has 0 unspecified atom stereocenters. The van der Waals surface area contributed by atoms with Crippen LogP contribution in [0.2, 0.25) is 0 Å². The molecule has 4 nitrogen and oxygen atoms in total. The lowest BCUT2D eigenvalue weighted by Crippen LogP contribution is -2.48. The van der Waals surface area contributed by atoms with Crippen LogP contribution in [0.25, 0.3) is 0 Å². The number of nitrogens with zero attached hydrogens (tertiary/aromatic N) is 1. The van der Waals surface area contributed by atoms with Gasteiger partial charge in [-0.25, -0.2) is 0 Å². The number of morpholine rings is 1. The van der Waals surface area contributed by atoms with Crippen molar-refractivity contribution >= 4 is 17.1 Å². The van der Waals surface area contributed by atoms with E-state index in [1.165, 1.54) is 0 Å². The fourth-order valence-electron chi connectivity index (χ4n) is 2.07. The van der Waals surface area contributed by atoms with Gasteiger partial charge in [0.2, 0.25) is 0 Å². The van der Waals surface area contributed by atoms with Crippen LogP contribution in [0, 0.1) is 0 Å². The van der Waals surface area contributed by atoms with Gasteiger partial charge in [-0.3, -0.25) is 0 Å². The average Bonchev–Trinajstić information content (AvgIpc) is 2.20. The minimum absolute atomic E-state index is 0.130. The molecule has 0 aliphatic carbocycles. The lowest BCUT2D eigenvalue weighted by atomic mass is 10.1. The molecule has 4 N–H and O–H groups in total. The molecule has 1 aromatic carbocycles. The molecule has 0 saturated carbocycles. The summed E-state index contributed by atoms with van der Waals surface area (Å²) in [5, 5.41) is 0. The van der Waals surface area contributed by atoms with Crippen LogP contribution in [0.1, 0.15) is 13.8 Å². The van der Waals surface area contributed by atoms with Crippen molar-refractivity contribution in [3.8, 4) is 0 Å². The Morgan fingerprint density at radius 1 is 1.31 bits per heavy atom. The molecule has 1 aromatic rings. The van der Waals surface area contributed by atoms with Gasteiger partial charge in [0.15, 0.2) is 0 Å². The second kappa shape index (κ2) is 3.87. The molecule has 1 saturated heterocycles. The third kappa shape index (κ3) is 2.07. The number of hydrogen-bond donors (Lipinski definition) is 2. The van der Waals surface area contributed by atoms with Gasteiger partial charge in [-0.15, -0.1) is 0 Å². The number of hydrogen-bond acceptors (Lipinski definition) is 4. The lowest BCUT2D eigenvalue weighted by Gasteiger charge is -2.40. The molecule has 2 rings (SSSR count). The minimum atomic E-state index is -0.130. The second-order valence-corrected chi connectivity index (χ2v) is 4.81. The Bertz CT molecular complexity index is 390. The van der Waals surface area contributed by atoms with E-state index < -0.39 is 0 Å². The first-order valence-corrected chi connectivity index (χ1v) is 5.52. The first-order valence-electron chi connectivity index (χ1n) is 5.52. The summed E-state index contributed by atoms with van der Waals surface area (Å²) in [5.41, 5.74) is 14.0. The summed E-state index contributed by atoms with van der Waals surface area (Å²) >= 11 is 0. The highest BCUT2D eigenvalue weighted by Crippen LogP contribution is 2.31. The normalized spacial score (nSPS) is 19.8. The van der Waals surface area contributed by atoms with Crippen molar-refractivity contribution in [3.63, 3.8) is 0 Å². The van der Waals surface area contributed by atoms with Crippen LogP contribution in [0.5, 0.6) is 0 Å². The smallest absolute Gasteiger partial charge is 0.0801 e. The number of para-hydroxylation sites is 1. The summed E-state index contributed by atoms with van der Waals surface area (Å²) in [4.78, 5) is 2.23. The monoisotopic (exact) mass is 221 g/mol. The molecular weight excluding hydrogens is 202 g/mol. The van der Waals surface area contributed by atoms with Gasteiger partial charge in [0.1, 0.15) is 0 Å². The standard InChI is InChI=1S/C12H19N3O/c1-12(2)8-15(6-7-16-12)10-5-3-4-9(13)11(10)14/h3-5H,6-8,13-14H2,1-2H3. The topological polar surface area (TPSA) is 64.5 Å². The van der Waals surface area contributed by atoms with Gasteiger partial charge in [0.25, 0.3) is 0 Å². The van der Waals surface area contributed by atoms with Gasteiger partial charge in [-0.2, -0.15) is 0 Å². The first kappa shape index (κ1) is 11.1. The fraction of sp³-hybridized carbons (Fsp3) is 0.500. The molecule has 0 atom stereocenters. The van der Waals surface area contributed by atoms with Crippen LogP contribution in [0.3, 0.4) is 0 Å². The van der Waals surface area contributed by atoms with Crippen LogP contribution in [0.15, 0.2) is 18.2 Å². The second-order valence-electron chi connectivity index (χ2n) is 4.81. The van der Waals surface area contributed by atoms with Crippen molar-refractivity contribution in [2.24, 2.45) is 0 Å². The maximum atomic E-state index is 5.99. The van der Waals surface area contributed by atoms with Crippen LogP contribution in [-0.2, 0) is 4.74 Å². The summed E-state index contributed by atoms with van der Waals surface area (Å²) < 4.78 is 5.67. The van der Waals surface area contributed by atoms with Crippen molar-refractivity contribution < 1.29 is 4.74 Å². The highest BCUT2D eigenvalue weighted by molar-refractivity contribution is 5.79. The minimum Gasteiger partial charge on any atom is -0.397 e. The third-order valence-electron chi connectivity index (χ3n) is 2.88. The summed E-state index contributed by atoms with van der Waals surface area (Å²) in [7, 11) is 0. The van der Waals surface area contributed by atoms with Crippen LogP contribution >= 0.6 is 0 Å². The summed E-state index contributed by atoms with van der Waals surface area (Å²) in [5.74, 6) is 0. The Balaban J connectivity index is 2.27. The van der Waals surface area contributed by atoms with Crippen molar-refractivity contribution in [1.82, 2.24) is 0 Å². The summed E-state index contributed by atoms with van der Waals surface area (Å²) in [6.07, 6.45) is 0. The molecule has 1 heterocycles. The van der Waals surface area contributed by atoms with Crippen molar-refractivity contribution in [2.75, 3.05) is 36.1 Å². The highest BCUT2D eigenvalue weighted by Gasteiger charge is 2.28. The first-order chi connectivity index (χ1) is 7.49. The van der Waals surface area contributed by atoms with Crippen LogP contribution < -0.4 is 16.4 Å². The van der Waals surface area contributed by atoms with E-state index in [1.807, 2.05) is 18.2 Å². The third-order valence-corrected chi connectivity index (χ3v) is 2.88. The largest absolute Gasteiger partial charge is 0.397 e. The van der Waals surface area contributed by atoms with Gasteiger partial charge >= 0.3 is 0 Å². The zero-order chi connectivity index (χ0) is 11.8. The van der Waals surface area contributed by atoms with E-state index in [1.54, 1.807) is 0 Å². The number of nitrogens with two attached hydrogens (primary N) is 2. The molecule has 1 aliphatic heterocycles. The SMILES string of the molecule is CC1(C)CN(c2cccc(N)c2N)CCO1. The number of rotatable bonds is 1. The molecule has 0 amide bonds. The lowest BCUT2D eigenvalue weighted by molar-refractivity contribution is -0.0276. The van der Waals surface area contributed by atoms with Crippen molar-refractivity contribution in [3.05, 3.63) is 18.2 Å². The molecule has 1 aliphatic rings. The molecule has 0 spiro atoms. The zero-order valence-corrected chi connectivity index (χ0v) is 9.86. The van der Waals surface area contributed by atoms with E-state index in [4.69, 9.17) is 16.2 Å². The van der Waals surface area contributed by atoms with E-state index in [9.17, 15) is 0 Å². The van der Waals surface area contributed by atoms with Gasteiger partial charge in [0, 0.05) is 13.1 Å². The zero-order valence-electron chi connectivity index (χ0n) is 9.86. The summed E-state index contributed by atoms with van der Waals surface area (Å²) in [6.45, 7) is 6.59. The Morgan fingerprint density at radius 3 is 2.75 bits per heavy atom. The predicted octanol–water partition coefficient (Wildman–Crippen LogP) is 1.47. The van der Waals surface area contributed by atoms with E-state index in [0.29, 0.717) is 11.4 Å². The Hall–Kier alpha value is -1.42. The number of anilines is 3. The number of nitrogen functional groups attached to an aromatic ring is 2. The maximum absolute atomic E-state index is 5.99. The molecule has 0 bridgehead atoms. The van der Waals surface area contributed by atoms with Gasteiger partial charge in [-0.05, 0) is 26.0 Å². The molecule has 0 aromatic heterocycles. The number of ether oxygens (including phenoxy) is 1. The van der Waals surface area contributed by atoms with E-state index in [-0.39, 0.29) is 5.60 Å². The average molecular weight is 221 g/mol. The van der Waals surface area contributed by atoms with E-state index in [0.717, 1.165) is 25.4 Å². The van der Waals surface area contributed by atoms with Gasteiger partial charge < -0.3 is 21.1 Å². The van der Waals surface area contributed by atoms with E-state index in [2.05, 4.69) is 18.7 Å². The Labute approximate surface area is 96.2 Å². The van der Waals surface area contributed by atoms with E-state index >= 15 is 0 Å². The Kier molecular flexibility index (Phi) is 2.68. The Morgan fingerprint density at radius 2 is 2.06 bits per heavy atom. The van der Waals surface area contributed by atoms with Crippen molar-refractivity contribution in [2.45, 2.75) is 19.4 Å². The van der Waals surface area contributed by atoms with Gasteiger partial charge in [0.05, 0.1) is 29.3 Å². The molecule has 4 heteroatoms. The van der Waals surface area contributed by atoms with Gasteiger partial charge in [-0.1, -0.05) is 6.07 Å². The van der Waals surface area contributed by atoms with Crippen LogP contribution in [-0.4, -0.2) is 25.3 Å². The molecule has 0 radical (unpaired) electrons. The predicted molar refractivity (Wildman–Crippen MR) is 67.5 cm³/mol. The molecule has 88 valence electrons. The summed E-state index contributed by atoms with van der Waals surface area (Å²) in [6, 6.07) is 5.76. The maximum Gasteiger partial charge on any atom is 0.0801 e.